The molecule has 1 unspecified atom stereocenters. The van der Waals surface area contributed by atoms with Crippen molar-refractivity contribution < 1.29 is 18.7 Å². The first-order valence-corrected chi connectivity index (χ1v) is 6.18. The summed E-state index contributed by atoms with van der Waals surface area (Å²) in [5.41, 5.74) is 6.07. The third kappa shape index (κ3) is 3.09. The minimum absolute atomic E-state index is 0.282. The van der Waals surface area contributed by atoms with Gasteiger partial charge in [-0.15, -0.1) is 0 Å². The highest BCUT2D eigenvalue weighted by atomic mass is 19.3. The van der Waals surface area contributed by atoms with Crippen LogP contribution >= 0.6 is 0 Å². The number of amides is 1. The van der Waals surface area contributed by atoms with E-state index in [0.717, 1.165) is 0 Å². The molecule has 1 aliphatic heterocycles. The fourth-order valence-corrected chi connectivity index (χ4v) is 2.51. The molecular formula is C11H17F2N5O2. The molecule has 2 heterocycles. The number of anilines is 2. The average Bonchev–Trinajstić information content (AvgIpc) is 2.54. The van der Waals surface area contributed by atoms with Gasteiger partial charge in [0.2, 0.25) is 0 Å². The first kappa shape index (κ1) is 14.4. The molecule has 1 atom stereocenters. The van der Waals surface area contributed by atoms with Crippen LogP contribution in [0.15, 0.2) is 6.20 Å². The number of aromatic nitrogens is 2. The highest BCUT2D eigenvalue weighted by Gasteiger charge is 2.39. The predicted molar refractivity (Wildman–Crippen MR) is 69.0 cm³/mol. The third-order valence-corrected chi connectivity index (χ3v) is 3.28. The van der Waals surface area contributed by atoms with Crippen molar-refractivity contribution in [2.45, 2.75) is 24.8 Å². The fourth-order valence-electron chi connectivity index (χ4n) is 2.51. The van der Waals surface area contributed by atoms with E-state index in [1.165, 1.54) is 15.8 Å². The number of rotatable bonds is 2. The highest BCUT2D eigenvalue weighted by Crippen LogP contribution is 2.31. The maximum atomic E-state index is 13.9. The zero-order valence-corrected chi connectivity index (χ0v) is 11.0. The lowest BCUT2D eigenvalue weighted by molar-refractivity contribution is -0.00309. The number of carbonyl (C=O) groups is 1. The summed E-state index contributed by atoms with van der Waals surface area (Å²) >= 11 is 0. The molecular weight excluding hydrogens is 272 g/mol. The van der Waals surface area contributed by atoms with Gasteiger partial charge >= 0.3 is 6.09 Å². The molecule has 1 aromatic rings. The zero-order valence-electron chi connectivity index (χ0n) is 11.0. The Labute approximate surface area is 114 Å². The number of halogens is 2. The second-order valence-corrected chi connectivity index (χ2v) is 4.96. The largest absolute Gasteiger partial charge is 0.465 e. The maximum Gasteiger partial charge on any atom is 0.404 e. The van der Waals surface area contributed by atoms with Crippen molar-refractivity contribution in [3.05, 3.63) is 6.20 Å². The molecule has 0 aliphatic carbocycles. The van der Waals surface area contributed by atoms with Crippen molar-refractivity contribution in [2.24, 2.45) is 7.05 Å². The number of alkyl halides is 2. The molecule has 4 N–H and O–H groups in total. The normalized spacial score (nSPS) is 22.4. The number of nitrogens with zero attached hydrogens (tertiary/aromatic N) is 3. The Balaban J connectivity index is 2.20. The Morgan fingerprint density at radius 1 is 1.65 bits per heavy atom. The van der Waals surface area contributed by atoms with E-state index in [1.807, 2.05) is 0 Å². The van der Waals surface area contributed by atoms with Crippen molar-refractivity contribution in [1.82, 2.24) is 15.1 Å². The molecule has 1 saturated heterocycles. The summed E-state index contributed by atoms with van der Waals surface area (Å²) in [5, 5.41) is 14.7. The van der Waals surface area contributed by atoms with Crippen LogP contribution in [-0.2, 0) is 7.05 Å². The third-order valence-electron chi connectivity index (χ3n) is 3.28. The van der Waals surface area contributed by atoms with E-state index in [0.29, 0.717) is 11.5 Å². The summed E-state index contributed by atoms with van der Waals surface area (Å²) in [6, 6.07) is -0.776. The van der Waals surface area contributed by atoms with Crippen molar-refractivity contribution >= 4 is 17.6 Å². The van der Waals surface area contributed by atoms with Crippen LogP contribution in [0.5, 0.6) is 0 Å². The van der Waals surface area contributed by atoms with Crippen molar-refractivity contribution in [3.8, 4) is 0 Å². The Kier molecular flexibility index (Phi) is 3.69. The minimum atomic E-state index is -3.00. The van der Waals surface area contributed by atoms with Crippen LogP contribution in [0.3, 0.4) is 0 Å². The number of hydrogen-bond acceptors (Lipinski definition) is 4. The molecule has 0 aromatic carbocycles. The summed E-state index contributed by atoms with van der Waals surface area (Å²) in [7, 11) is 1.63. The summed E-state index contributed by atoms with van der Waals surface area (Å²) in [6.07, 6.45) is -0.120. The number of hydrogen-bond donors (Lipinski definition) is 3. The smallest absolute Gasteiger partial charge is 0.404 e. The maximum absolute atomic E-state index is 13.9. The summed E-state index contributed by atoms with van der Waals surface area (Å²) in [6.45, 7) is -0.223. The van der Waals surface area contributed by atoms with Gasteiger partial charge in [-0.3, -0.25) is 4.68 Å². The lowest BCUT2D eigenvalue weighted by atomic mass is 10.1. The Hall–Kier alpha value is -2.06. The molecule has 9 heteroatoms. The first-order chi connectivity index (χ1) is 9.28. The average molecular weight is 289 g/mol. The standard InChI is InChI=1S/C11H17F2N5O2/c1-17-9(8(14)5-15-17)18-3-2-7(16-10(19)20)4-11(12,13)6-18/h5,7,16H,2-4,6,14H2,1H3,(H,19,20). The molecule has 0 radical (unpaired) electrons. The summed E-state index contributed by atoms with van der Waals surface area (Å²) < 4.78 is 29.3. The van der Waals surface area contributed by atoms with Gasteiger partial charge in [-0.2, -0.15) is 5.10 Å². The molecule has 1 aliphatic rings. The molecule has 112 valence electrons. The molecule has 0 bridgehead atoms. The van der Waals surface area contributed by atoms with Crippen LogP contribution in [0.2, 0.25) is 0 Å². The first-order valence-electron chi connectivity index (χ1n) is 6.18. The van der Waals surface area contributed by atoms with Crippen LogP contribution in [0, 0.1) is 0 Å². The van der Waals surface area contributed by atoms with E-state index in [4.69, 9.17) is 10.8 Å². The van der Waals surface area contributed by atoms with Gasteiger partial charge in [-0.25, -0.2) is 13.6 Å². The van der Waals surface area contributed by atoms with E-state index in [-0.39, 0.29) is 13.0 Å². The van der Waals surface area contributed by atoms with Gasteiger partial charge in [-0.05, 0) is 6.42 Å². The molecule has 2 rings (SSSR count). The van der Waals surface area contributed by atoms with Gasteiger partial charge in [0.05, 0.1) is 18.4 Å². The van der Waals surface area contributed by atoms with Crippen LogP contribution in [0.1, 0.15) is 12.8 Å². The van der Waals surface area contributed by atoms with Crippen molar-refractivity contribution in [3.63, 3.8) is 0 Å². The van der Waals surface area contributed by atoms with Gasteiger partial charge in [0.15, 0.2) is 0 Å². The molecule has 0 spiro atoms. The van der Waals surface area contributed by atoms with E-state index in [2.05, 4.69) is 10.4 Å². The quantitative estimate of drug-likeness (QED) is 0.751. The lowest BCUT2D eigenvalue weighted by Gasteiger charge is -2.26. The van der Waals surface area contributed by atoms with Crippen LogP contribution in [-0.4, -0.2) is 46.0 Å². The fraction of sp³-hybridized carbons (Fsp3) is 0.636. The summed E-state index contributed by atoms with van der Waals surface area (Å²) in [4.78, 5) is 12.1. The number of nitrogens with two attached hydrogens (primary N) is 1. The van der Waals surface area contributed by atoms with Crippen molar-refractivity contribution in [2.75, 3.05) is 23.7 Å². The minimum Gasteiger partial charge on any atom is -0.465 e. The number of nitrogens with one attached hydrogen (secondary N) is 1. The Morgan fingerprint density at radius 2 is 2.35 bits per heavy atom. The Morgan fingerprint density at radius 3 is 2.90 bits per heavy atom. The molecule has 1 amide bonds. The van der Waals surface area contributed by atoms with Gasteiger partial charge in [0.25, 0.3) is 5.92 Å². The Bertz CT molecular complexity index is 486. The van der Waals surface area contributed by atoms with Crippen LogP contribution in [0.4, 0.5) is 25.1 Å². The van der Waals surface area contributed by atoms with E-state index in [9.17, 15) is 13.6 Å². The molecule has 20 heavy (non-hydrogen) atoms. The number of aryl methyl sites for hydroxylation is 1. The summed E-state index contributed by atoms with van der Waals surface area (Å²) in [5.74, 6) is -2.57. The van der Waals surface area contributed by atoms with Gasteiger partial charge < -0.3 is 21.1 Å². The number of nitrogen functional groups attached to an aromatic ring is 1. The number of carboxylic acid groups (broad SMARTS) is 1. The van der Waals surface area contributed by atoms with Crippen LogP contribution in [0.25, 0.3) is 0 Å². The lowest BCUT2D eigenvalue weighted by Crippen LogP contribution is -2.39. The van der Waals surface area contributed by atoms with Crippen molar-refractivity contribution in [1.29, 1.82) is 0 Å². The molecule has 0 saturated carbocycles. The SMILES string of the molecule is Cn1ncc(N)c1N1CCC(NC(=O)O)CC(F)(F)C1. The van der Waals surface area contributed by atoms with E-state index in [1.54, 1.807) is 7.05 Å². The monoisotopic (exact) mass is 289 g/mol. The van der Waals surface area contributed by atoms with Gasteiger partial charge in [0, 0.05) is 26.1 Å². The topological polar surface area (TPSA) is 96.4 Å². The molecule has 7 nitrogen and oxygen atoms in total. The molecule has 1 aromatic heterocycles. The van der Waals surface area contributed by atoms with Gasteiger partial charge in [0.1, 0.15) is 5.82 Å². The molecule has 1 fully saturated rings. The van der Waals surface area contributed by atoms with Crippen LogP contribution < -0.4 is 16.0 Å². The van der Waals surface area contributed by atoms with E-state index < -0.39 is 31.0 Å². The predicted octanol–water partition coefficient (Wildman–Crippen LogP) is 0.874. The highest BCUT2D eigenvalue weighted by molar-refractivity contribution is 5.65. The second-order valence-electron chi connectivity index (χ2n) is 4.96. The van der Waals surface area contributed by atoms with E-state index >= 15 is 0 Å². The zero-order chi connectivity index (χ0) is 14.9. The second kappa shape index (κ2) is 5.14. The van der Waals surface area contributed by atoms with Gasteiger partial charge in [-0.1, -0.05) is 0 Å².